The number of furan rings is 3. The van der Waals surface area contributed by atoms with Gasteiger partial charge in [0.25, 0.3) is 0 Å². The summed E-state index contributed by atoms with van der Waals surface area (Å²) < 4.78 is 19.6. The molecule has 4 nitrogen and oxygen atoms in total. The van der Waals surface area contributed by atoms with Crippen molar-refractivity contribution in [3.63, 3.8) is 0 Å². The van der Waals surface area contributed by atoms with Crippen molar-refractivity contribution in [1.82, 2.24) is 0 Å². The third kappa shape index (κ3) is 4.73. The van der Waals surface area contributed by atoms with E-state index in [4.69, 9.17) is 13.3 Å². The average molecular weight is 718 g/mol. The summed E-state index contributed by atoms with van der Waals surface area (Å²) in [6.45, 7) is 0. The number of hydrogen-bond donors (Lipinski definition) is 0. The molecule has 0 saturated heterocycles. The van der Waals surface area contributed by atoms with Crippen molar-refractivity contribution in [1.29, 1.82) is 0 Å². The number of anilines is 3. The first-order chi connectivity index (χ1) is 27.7. The summed E-state index contributed by atoms with van der Waals surface area (Å²) >= 11 is 0. The van der Waals surface area contributed by atoms with Crippen LogP contribution in [0.2, 0.25) is 0 Å². The Morgan fingerprint density at radius 1 is 0.286 bits per heavy atom. The lowest BCUT2D eigenvalue weighted by Gasteiger charge is -2.25. The fourth-order valence-corrected chi connectivity index (χ4v) is 8.58. The second kappa shape index (κ2) is 12.0. The van der Waals surface area contributed by atoms with Crippen molar-refractivity contribution in [3.05, 3.63) is 188 Å². The van der Waals surface area contributed by atoms with E-state index in [2.05, 4.69) is 181 Å². The second-order valence-corrected chi connectivity index (χ2v) is 14.5. The Hall–Kier alpha value is -7.56. The fourth-order valence-electron chi connectivity index (χ4n) is 8.58. The molecule has 262 valence electrons. The van der Waals surface area contributed by atoms with Gasteiger partial charge in [-0.05, 0) is 94.7 Å². The molecule has 9 aromatic carbocycles. The molecule has 0 aliphatic heterocycles. The molecule has 0 aliphatic rings. The van der Waals surface area contributed by atoms with Gasteiger partial charge in [-0.15, -0.1) is 0 Å². The van der Waals surface area contributed by atoms with E-state index in [1.165, 1.54) is 10.8 Å². The van der Waals surface area contributed by atoms with Crippen LogP contribution >= 0.6 is 0 Å². The van der Waals surface area contributed by atoms with Crippen molar-refractivity contribution in [2.24, 2.45) is 0 Å². The Bertz CT molecular complexity index is 3500. The average Bonchev–Trinajstić information content (AvgIpc) is 3.95. The highest BCUT2D eigenvalue weighted by Gasteiger charge is 2.19. The minimum atomic E-state index is 0.834. The van der Waals surface area contributed by atoms with Gasteiger partial charge in [0.15, 0.2) is 0 Å². The predicted molar refractivity (Wildman–Crippen MR) is 231 cm³/mol. The van der Waals surface area contributed by atoms with Gasteiger partial charge in [-0.3, -0.25) is 0 Å². The van der Waals surface area contributed by atoms with Crippen LogP contribution < -0.4 is 4.90 Å². The molecule has 3 aromatic heterocycles. The van der Waals surface area contributed by atoms with Crippen LogP contribution in [0.5, 0.6) is 0 Å². The highest BCUT2D eigenvalue weighted by Crippen LogP contribution is 2.43. The zero-order valence-electron chi connectivity index (χ0n) is 30.1. The van der Waals surface area contributed by atoms with Crippen LogP contribution in [0.4, 0.5) is 17.1 Å². The first-order valence-corrected chi connectivity index (χ1v) is 18.9. The van der Waals surface area contributed by atoms with Gasteiger partial charge >= 0.3 is 0 Å². The quantitative estimate of drug-likeness (QED) is 0.178. The Labute approximate surface area is 321 Å². The number of fused-ring (bicyclic) bond motifs is 10. The molecular weight excluding hydrogens is 687 g/mol. The normalized spacial score (nSPS) is 11.9. The molecule has 0 fully saturated rings. The van der Waals surface area contributed by atoms with Crippen LogP contribution in [-0.2, 0) is 0 Å². The molecule has 0 unspecified atom stereocenters. The van der Waals surface area contributed by atoms with E-state index < -0.39 is 0 Å². The van der Waals surface area contributed by atoms with Gasteiger partial charge in [0.2, 0.25) is 0 Å². The molecule has 0 amide bonds. The second-order valence-electron chi connectivity index (χ2n) is 14.5. The summed E-state index contributed by atoms with van der Waals surface area (Å²) in [6, 6.07) is 66.0. The molecule has 0 saturated carbocycles. The Kier molecular flexibility index (Phi) is 6.60. The van der Waals surface area contributed by atoms with E-state index in [0.717, 1.165) is 105 Å². The van der Waals surface area contributed by atoms with Crippen LogP contribution in [0.15, 0.2) is 201 Å². The van der Waals surface area contributed by atoms with Crippen molar-refractivity contribution in [3.8, 4) is 22.3 Å². The maximum Gasteiger partial charge on any atom is 0.143 e. The van der Waals surface area contributed by atoms with Gasteiger partial charge in [0.05, 0.1) is 0 Å². The van der Waals surface area contributed by atoms with Crippen LogP contribution in [0, 0.1) is 0 Å². The van der Waals surface area contributed by atoms with Crippen molar-refractivity contribution < 1.29 is 13.3 Å². The maximum atomic E-state index is 6.63. The van der Waals surface area contributed by atoms with Gasteiger partial charge in [-0.1, -0.05) is 115 Å². The number of nitrogens with zero attached hydrogens (tertiary/aromatic N) is 1. The van der Waals surface area contributed by atoms with Gasteiger partial charge in [-0.2, -0.15) is 0 Å². The van der Waals surface area contributed by atoms with E-state index >= 15 is 0 Å². The molecule has 56 heavy (non-hydrogen) atoms. The summed E-state index contributed by atoms with van der Waals surface area (Å²) in [5.74, 6) is 0. The molecule has 0 spiro atoms. The SMILES string of the molecule is c1ccc(N(c2ccc3ccccc3c2)c2ccc3oc4cc(-c5cccc6c5oc5ccc(-c7cccc8c7oc7ccccc78)cc56)ccc4c3c2)cc1. The van der Waals surface area contributed by atoms with E-state index in [9.17, 15) is 0 Å². The summed E-state index contributed by atoms with van der Waals surface area (Å²) in [5, 5.41) is 8.94. The highest BCUT2D eigenvalue weighted by molar-refractivity contribution is 6.14. The van der Waals surface area contributed by atoms with Gasteiger partial charge in [-0.25, -0.2) is 0 Å². The Balaban J connectivity index is 0.954. The van der Waals surface area contributed by atoms with Crippen molar-refractivity contribution >= 4 is 93.7 Å². The topological polar surface area (TPSA) is 42.7 Å². The predicted octanol–water partition coefficient (Wildman–Crippen LogP) is 15.3. The van der Waals surface area contributed by atoms with E-state index in [-0.39, 0.29) is 0 Å². The van der Waals surface area contributed by atoms with Crippen LogP contribution in [0.25, 0.3) is 98.8 Å². The van der Waals surface area contributed by atoms with E-state index in [1.807, 2.05) is 12.1 Å². The number of hydrogen-bond acceptors (Lipinski definition) is 4. The van der Waals surface area contributed by atoms with Crippen LogP contribution in [0.3, 0.4) is 0 Å². The Morgan fingerprint density at radius 3 is 1.70 bits per heavy atom. The lowest BCUT2D eigenvalue weighted by molar-refractivity contribution is 0.667. The molecule has 12 rings (SSSR count). The summed E-state index contributed by atoms with van der Waals surface area (Å²) in [5.41, 5.74) is 12.6. The summed E-state index contributed by atoms with van der Waals surface area (Å²) in [6.07, 6.45) is 0. The molecule has 0 N–H and O–H groups in total. The molecular formula is C52H31NO3. The summed E-state index contributed by atoms with van der Waals surface area (Å²) in [7, 11) is 0. The first-order valence-electron chi connectivity index (χ1n) is 18.9. The number of para-hydroxylation sites is 4. The number of benzene rings is 9. The zero-order chi connectivity index (χ0) is 36.7. The van der Waals surface area contributed by atoms with Crippen molar-refractivity contribution in [2.45, 2.75) is 0 Å². The molecule has 3 heterocycles. The molecule has 0 aliphatic carbocycles. The minimum Gasteiger partial charge on any atom is -0.456 e. The largest absolute Gasteiger partial charge is 0.456 e. The minimum absolute atomic E-state index is 0.834. The lowest BCUT2D eigenvalue weighted by Crippen LogP contribution is -2.09. The first kappa shape index (κ1) is 30.9. The smallest absolute Gasteiger partial charge is 0.143 e. The van der Waals surface area contributed by atoms with E-state index in [0.29, 0.717) is 0 Å². The monoisotopic (exact) mass is 717 g/mol. The van der Waals surface area contributed by atoms with Gasteiger partial charge in [0, 0.05) is 60.5 Å². The van der Waals surface area contributed by atoms with Gasteiger partial charge < -0.3 is 18.2 Å². The zero-order valence-corrected chi connectivity index (χ0v) is 30.1. The van der Waals surface area contributed by atoms with E-state index in [1.54, 1.807) is 0 Å². The molecule has 4 heteroatoms. The van der Waals surface area contributed by atoms with Crippen molar-refractivity contribution in [2.75, 3.05) is 4.90 Å². The lowest BCUT2D eigenvalue weighted by atomic mass is 9.98. The van der Waals surface area contributed by atoms with Crippen LogP contribution in [0.1, 0.15) is 0 Å². The maximum absolute atomic E-state index is 6.63. The third-order valence-electron chi connectivity index (χ3n) is 11.2. The molecule has 0 radical (unpaired) electrons. The third-order valence-corrected chi connectivity index (χ3v) is 11.2. The molecule has 0 bridgehead atoms. The van der Waals surface area contributed by atoms with Crippen LogP contribution in [-0.4, -0.2) is 0 Å². The fraction of sp³-hybridized carbons (Fsp3) is 0. The Morgan fingerprint density at radius 2 is 0.857 bits per heavy atom. The standard InChI is InChI=1S/C52H31NO3/c1-2-12-36(13-3-1)53(37-23-20-32-10-4-5-11-33(32)28-37)38-24-27-48-46(31-38)42-25-21-35(30-50(42)54-48)40-16-9-18-44-45-29-34(22-26-49(45)56-52(40)44)39-15-8-17-43-41-14-6-7-19-47(41)55-51(39)43/h1-31H. The van der Waals surface area contributed by atoms with Gasteiger partial charge in [0.1, 0.15) is 33.5 Å². The molecule has 0 atom stereocenters. The molecule has 12 aromatic rings. The highest BCUT2D eigenvalue weighted by atomic mass is 16.3. The summed E-state index contributed by atoms with van der Waals surface area (Å²) in [4.78, 5) is 2.31. The number of rotatable bonds is 5.